The molecule has 1 aliphatic rings. The van der Waals surface area contributed by atoms with Crippen LogP contribution in [0.25, 0.3) is 0 Å². The van der Waals surface area contributed by atoms with Crippen LogP contribution in [0.4, 0.5) is 5.69 Å². The van der Waals surface area contributed by atoms with E-state index in [0.717, 1.165) is 13.1 Å². The summed E-state index contributed by atoms with van der Waals surface area (Å²) in [4.78, 5) is 16.1. The number of hydrogen-bond donors (Lipinski definition) is 1. The van der Waals surface area contributed by atoms with Crippen LogP contribution in [0.1, 0.15) is 5.56 Å². The van der Waals surface area contributed by atoms with Crippen molar-refractivity contribution in [3.05, 3.63) is 41.6 Å². The van der Waals surface area contributed by atoms with E-state index < -0.39 is 0 Å². The van der Waals surface area contributed by atoms with Gasteiger partial charge in [0.1, 0.15) is 17.7 Å². The van der Waals surface area contributed by atoms with Crippen LogP contribution in [0.5, 0.6) is 0 Å². The van der Waals surface area contributed by atoms with Crippen LogP contribution < -0.4 is 5.32 Å². The van der Waals surface area contributed by atoms with Crippen LogP contribution in [-0.4, -0.2) is 48.9 Å². The molecule has 0 spiro atoms. The average Bonchev–Trinajstić information content (AvgIpc) is 2.56. The van der Waals surface area contributed by atoms with E-state index in [9.17, 15) is 10.1 Å². The van der Waals surface area contributed by atoms with Gasteiger partial charge in [0.2, 0.25) is 0 Å². The fourth-order valence-corrected chi connectivity index (χ4v) is 2.18. The summed E-state index contributed by atoms with van der Waals surface area (Å²) in [6.45, 7) is 2.83. The van der Waals surface area contributed by atoms with Gasteiger partial charge in [-0.05, 0) is 19.2 Å². The molecular weight excluding hydrogens is 278 g/mol. The van der Waals surface area contributed by atoms with Crippen LogP contribution in [0.2, 0.25) is 0 Å². The summed E-state index contributed by atoms with van der Waals surface area (Å²) >= 11 is 0. The molecule has 1 amide bonds. The van der Waals surface area contributed by atoms with Gasteiger partial charge in [0, 0.05) is 32.4 Å². The highest BCUT2D eigenvalue weighted by Crippen LogP contribution is 2.14. The topological polar surface area (TPSA) is 83.2 Å². The predicted octanol–water partition coefficient (Wildman–Crippen LogP) is 1.15. The Labute approximate surface area is 129 Å². The summed E-state index contributed by atoms with van der Waals surface area (Å²) in [5, 5.41) is 21.1. The highest BCUT2D eigenvalue weighted by Gasteiger charge is 2.22. The molecular formula is C16H17N5O. The molecule has 6 heteroatoms. The number of carbonyl (C=O) groups excluding carboxylic acids is 1. The number of carbonyl (C=O) groups is 1. The van der Waals surface area contributed by atoms with E-state index >= 15 is 0 Å². The number of rotatable bonds is 3. The molecule has 1 N–H and O–H groups in total. The summed E-state index contributed by atoms with van der Waals surface area (Å²) in [5.41, 5.74) is 1.07. The van der Waals surface area contributed by atoms with Crippen molar-refractivity contribution in [1.29, 1.82) is 10.5 Å². The molecule has 1 saturated heterocycles. The van der Waals surface area contributed by atoms with Gasteiger partial charge >= 0.3 is 0 Å². The molecule has 0 radical (unpaired) electrons. The SMILES string of the molecule is CN1CCN(C(=O)/C(C#N)=C\Nc2ccccc2C#N)CC1. The molecule has 0 saturated carbocycles. The van der Waals surface area contributed by atoms with E-state index in [4.69, 9.17) is 5.26 Å². The van der Waals surface area contributed by atoms with Crippen molar-refractivity contribution in [3.63, 3.8) is 0 Å². The molecule has 1 aromatic carbocycles. The van der Waals surface area contributed by atoms with Crippen molar-refractivity contribution in [3.8, 4) is 12.1 Å². The largest absolute Gasteiger partial charge is 0.359 e. The van der Waals surface area contributed by atoms with Gasteiger partial charge in [-0.2, -0.15) is 10.5 Å². The number of nitrogens with zero attached hydrogens (tertiary/aromatic N) is 4. The zero-order valence-electron chi connectivity index (χ0n) is 12.4. The number of hydrogen-bond acceptors (Lipinski definition) is 5. The molecule has 2 rings (SSSR count). The van der Waals surface area contributed by atoms with Gasteiger partial charge in [0.05, 0.1) is 11.3 Å². The number of piperazine rings is 1. The maximum absolute atomic E-state index is 12.3. The number of para-hydroxylation sites is 1. The van der Waals surface area contributed by atoms with Crippen molar-refractivity contribution in [2.75, 3.05) is 38.5 Å². The molecule has 1 aromatic rings. The third kappa shape index (κ3) is 3.63. The highest BCUT2D eigenvalue weighted by molar-refractivity contribution is 5.97. The fraction of sp³-hybridized carbons (Fsp3) is 0.312. The van der Waals surface area contributed by atoms with Gasteiger partial charge < -0.3 is 15.1 Å². The van der Waals surface area contributed by atoms with Crippen LogP contribution in [0.15, 0.2) is 36.0 Å². The maximum atomic E-state index is 12.3. The molecule has 0 bridgehead atoms. The molecule has 1 aliphatic heterocycles. The Morgan fingerprint density at radius 1 is 1.23 bits per heavy atom. The fourth-order valence-electron chi connectivity index (χ4n) is 2.18. The van der Waals surface area contributed by atoms with Crippen molar-refractivity contribution < 1.29 is 4.79 Å². The predicted molar refractivity (Wildman–Crippen MR) is 82.6 cm³/mol. The molecule has 112 valence electrons. The lowest BCUT2D eigenvalue weighted by Gasteiger charge is -2.32. The first kappa shape index (κ1) is 15.6. The van der Waals surface area contributed by atoms with Crippen molar-refractivity contribution >= 4 is 11.6 Å². The Kier molecular flexibility index (Phi) is 5.13. The Morgan fingerprint density at radius 2 is 1.91 bits per heavy atom. The monoisotopic (exact) mass is 295 g/mol. The van der Waals surface area contributed by atoms with Crippen LogP contribution >= 0.6 is 0 Å². The van der Waals surface area contributed by atoms with E-state index in [1.165, 1.54) is 6.20 Å². The first-order valence-corrected chi connectivity index (χ1v) is 6.99. The van der Waals surface area contributed by atoms with Crippen molar-refractivity contribution in [2.45, 2.75) is 0 Å². The minimum atomic E-state index is -0.280. The Hall–Kier alpha value is -2.83. The Bertz CT molecular complexity index is 660. The van der Waals surface area contributed by atoms with Crippen molar-refractivity contribution in [1.82, 2.24) is 9.80 Å². The second-order valence-electron chi connectivity index (χ2n) is 5.07. The Balaban J connectivity index is 2.09. The van der Waals surface area contributed by atoms with Gasteiger partial charge in [0.15, 0.2) is 0 Å². The van der Waals surface area contributed by atoms with E-state index in [0.29, 0.717) is 24.3 Å². The molecule has 0 unspecified atom stereocenters. The smallest absolute Gasteiger partial charge is 0.266 e. The zero-order chi connectivity index (χ0) is 15.9. The number of nitrogens with one attached hydrogen (secondary N) is 1. The first-order valence-electron chi connectivity index (χ1n) is 6.99. The first-order chi connectivity index (χ1) is 10.7. The number of likely N-dealkylation sites (N-methyl/N-ethyl adjacent to an activating group) is 1. The lowest BCUT2D eigenvalue weighted by molar-refractivity contribution is -0.128. The quantitative estimate of drug-likeness (QED) is 0.668. The van der Waals surface area contributed by atoms with E-state index in [1.54, 1.807) is 29.2 Å². The number of benzene rings is 1. The van der Waals surface area contributed by atoms with Crippen LogP contribution in [0, 0.1) is 22.7 Å². The number of nitriles is 2. The van der Waals surface area contributed by atoms with Gasteiger partial charge in [0.25, 0.3) is 5.91 Å². The highest BCUT2D eigenvalue weighted by atomic mass is 16.2. The summed E-state index contributed by atoms with van der Waals surface area (Å²) in [6, 6.07) is 10.9. The minimum Gasteiger partial charge on any atom is -0.359 e. The minimum absolute atomic E-state index is 0.0392. The van der Waals surface area contributed by atoms with Gasteiger partial charge in [-0.3, -0.25) is 4.79 Å². The molecule has 1 heterocycles. The molecule has 22 heavy (non-hydrogen) atoms. The lowest BCUT2D eigenvalue weighted by atomic mass is 10.2. The average molecular weight is 295 g/mol. The Morgan fingerprint density at radius 3 is 2.55 bits per heavy atom. The van der Waals surface area contributed by atoms with Gasteiger partial charge in [-0.25, -0.2) is 0 Å². The molecule has 6 nitrogen and oxygen atoms in total. The van der Waals surface area contributed by atoms with E-state index in [-0.39, 0.29) is 11.5 Å². The summed E-state index contributed by atoms with van der Waals surface area (Å²) < 4.78 is 0. The standard InChI is InChI=1S/C16H17N5O/c1-20-6-8-21(9-7-20)16(22)14(11-18)12-19-15-5-3-2-4-13(15)10-17/h2-5,12,19H,6-9H2,1H3/b14-12-. The maximum Gasteiger partial charge on any atom is 0.266 e. The van der Waals surface area contributed by atoms with Crippen LogP contribution in [-0.2, 0) is 4.79 Å². The van der Waals surface area contributed by atoms with Gasteiger partial charge in [-0.1, -0.05) is 12.1 Å². The van der Waals surface area contributed by atoms with Gasteiger partial charge in [-0.15, -0.1) is 0 Å². The van der Waals surface area contributed by atoms with E-state index in [1.807, 2.05) is 13.1 Å². The molecule has 0 aliphatic carbocycles. The second kappa shape index (κ2) is 7.26. The van der Waals surface area contributed by atoms with Crippen LogP contribution in [0.3, 0.4) is 0 Å². The molecule has 1 fully saturated rings. The second-order valence-corrected chi connectivity index (χ2v) is 5.07. The van der Waals surface area contributed by atoms with Crippen molar-refractivity contribution in [2.24, 2.45) is 0 Å². The molecule has 0 atom stereocenters. The summed E-state index contributed by atoms with van der Waals surface area (Å²) in [7, 11) is 2.00. The zero-order valence-corrected chi connectivity index (χ0v) is 12.4. The lowest BCUT2D eigenvalue weighted by Crippen LogP contribution is -2.47. The summed E-state index contributed by atoms with van der Waals surface area (Å²) in [5.74, 6) is -0.280. The normalized spacial score (nSPS) is 15.8. The third-order valence-electron chi connectivity index (χ3n) is 3.56. The molecule has 0 aromatic heterocycles. The summed E-state index contributed by atoms with van der Waals surface area (Å²) in [6.07, 6.45) is 1.37. The number of amides is 1. The van der Waals surface area contributed by atoms with E-state index in [2.05, 4.69) is 16.3 Å². The number of anilines is 1. The third-order valence-corrected chi connectivity index (χ3v) is 3.56.